The van der Waals surface area contributed by atoms with E-state index in [0.717, 1.165) is 0 Å². The van der Waals surface area contributed by atoms with Crippen molar-refractivity contribution in [3.8, 4) is 0 Å². The van der Waals surface area contributed by atoms with Crippen LogP contribution in [-0.4, -0.2) is 22.5 Å². The van der Waals surface area contributed by atoms with Crippen LogP contribution in [0.5, 0.6) is 0 Å². The number of hydrogen-bond donors (Lipinski definition) is 0. The molecule has 3 radical (unpaired) electrons. The molecule has 0 fully saturated rings. The minimum Gasteiger partial charge on any atom is -0.166 e. The molecule has 1 nitrogen and oxygen atoms in total. The molecule has 0 aromatic carbocycles. The average molecular weight is 249 g/mol. The third-order valence-corrected chi connectivity index (χ3v) is 1.68. The van der Waals surface area contributed by atoms with Crippen molar-refractivity contribution in [1.82, 2.24) is 0 Å². The second-order valence-electron chi connectivity index (χ2n) is 0.808. The fourth-order valence-corrected chi connectivity index (χ4v) is 0. The van der Waals surface area contributed by atoms with E-state index in [2.05, 4.69) is 34.5 Å². The number of rotatable bonds is 1. The topological polar surface area (TPSA) is 9.23 Å². The Kier molecular flexibility index (Phi) is 25.0. The van der Waals surface area contributed by atoms with Crippen molar-refractivity contribution in [1.29, 1.82) is 0 Å². The van der Waals surface area contributed by atoms with Crippen LogP contribution in [-0.2, 0) is 3.84 Å². The summed E-state index contributed by atoms with van der Waals surface area (Å²) in [5, 5.41) is 0. The van der Waals surface area contributed by atoms with E-state index in [9.17, 15) is 0 Å². The van der Waals surface area contributed by atoms with Gasteiger partial charge in [-0.2, -0.15) is 3.84 Å². The molecular weight excluding hydrogens is 242 g/mol. The first kappa shape index (κ1) is 11.2. The zero-order chi connectivity index (χ0) is 6.12. The Morgan fingerprint density at radius 2 is 1.71 bits per heavy atom. The average Bonchev–Trinajstić information content (AvgIpc) is 1.69. The fraction of sp³-hybridized carbons (Fsp3) is 1.00. The third-order valence-electron chi connectivity index (χ3n) is 0.250. The standard InChI is InChI=1S/C3H7.Cl2O.Sn/c2*1-3-2;/h1,3H2,2H3;;. The molecular formula is C3H7Cl2OSn. The Morgan fingerprint density at radius 1 is 1.57 bits per heavy atom. The maximum Gasteiger partial charge on any atom is 0.0832 e. The summed E-state index contributed by atoms with van der Waals surface area (Å²) in [6.07, 6.45) is 1.36. The fourth-order valence-electron chi connectivity index (χ4n) is 0. The van der Waals surface area contributed by atoms with E-state index in [-0.39, 0.29) is 0 Å². The van der Waals surface area contributed by atoms with Crippen molar-refractivity contribution in [2.45, 2.75) is 17.8 Å². The van der Waals surface area contributed by atoms with Gasteiger partial charge in [0.05, 0.1) is 23.7 Å². The summed E-state index contributed by atoms with van der Waals surface area (Å²) in [6, 6.07) is 0. The predicted octanol–water partition coefficient (Wildman–Crippen LogP) is 2.29. The van der Waals surface area contributed by atoms with Crippen LogP contribution < -0.4 is 0 Å². The second kappa shape index (κ2) is 15.7. The van der Waals surface area contributed by atoms with Crippen LogP contribution in [0.15, 0.2) is 0 Å². The molecule has 0 aliphatic rings. The summed E-state index contributed by atoms with van der Waals surface area (Å²) < 4.78 is 4.60. The van der Waals surface area contributed by atoms with Crippen molar-refractivity contribution in [2.75, 3.05) is 0 Å². The van der Waals surface area contributed by atoms with Crippen molar-refractivity contribution in [2.24, 2.45) is 0 Å². The Labute approximate surface area is 67.7 Å². The SMILES string of the molecule is CC[CH2][Sn].ClOCl. The predicted molar refractivity (Wildman–Crippen MR) is 33.6 cm³/mol. The summed E-state index contributed by atoms with van der Waals surface area (Å²) >= 11 is 10.2. The molecule has 0 bridgehead atoms. The molecule has 0 spiro atoms. The van der Waals surface area contributed by atoms with Crippen LogP contribution in [0, 0.1) is 0 Å². The molecule has 43 valence electrons. The number of halogens is 2. The van der Waals surface area contributed by atoms with E-state index in [1.807, 2.05) is 0 Å². The Balaban J connectivity index is 0. The van der Waals surface area contributed by atoms with E-state index in [0.29, 0.717) is 0 Å². The molecule has 0 aliphatic carbocycles. The van der Waals surface area contributed by atoms with Crippen LogP contribution in [0.4, 0.5) is 0 Å². The van der Waals surface area contributed by atoms with Gasteiger partial charge >= 0.3 is 40.3 Å². The molecule has 0 saturated carbocycles. The van der Waals surface area contributed by atoms with Gasteiger partial charge in [0.1, 0.15) is 0 Å². The van der Waals surface area contributed by atoms with Gasteiger partial charge < -0.3 is 0 Å². The van der Waals surface area contributed by atoms with Crippen molar-refractivity contribution in [3.63, 3.8) is 0 Å². The van der Waals surface area contributed by atoms with Crippen molar-refractivity contribution < 1.29 is 3.84 Å². The first-order valence-corrected chi connectivity index (χ1v) is 4.50. The molecule has 0 aromatic rings. The molecule has 0 N–H and O–H groups in total. The van der Waals surface area contributed by atoms with Crippen molar-refractivity contribution in [3.05, 3.63) is 0 Å². The molecule has 0 amide bonds. The molecule has 0 aliphatic heterocycles. The van der Waals surface area contributed by atoms with Gasteiger partial charge in [-0.25, -0.2) is 0 Å². The van der Waals surface area contributed by atoms with Gasteiger partial charge in [-0.05, 0) is 0 Å². The van der Waals surface area contributed by atoms with Gasteiger partial charge in [0.2, 0.25) is 0 Å². The van der Waals surface area contributed by atoms with E-state index in [1.54, 1.807) is 22.5 Å². The van der Waals surface area contributed by atoms with Gasteiger partial charge in [0.25, 0.3) is 0 Å². The maximum atomic E-state index is 4.26. The Hall–Kier alpha value is 1.34. The van der Waals surface area contributed by atoms with E-state index < -0.39 is 0 Å². The molecule has 0 heterocycles. The summed E-state index contributed by atoms with van der Waals surface area (Å²) in [5.74, 6) is 0. The van der Waals surface area contributed by atoms with Crippen molar-refractivity contribution >= 4 is 46.3 Å². The Bertz CT molecular complexity index is 20.4. The van der Waals surface area contributed by atoms with Gasteiger partial charge in [0, 0.05) is 0 Å². The minimum absolute atomic E-state index is 1.36. The summed E-state index contributed by atoms with van der Waals surface area (Å²) in [7, 11) is 0. The first-order chi connectivity index (χ1) is 3.33. The van der Waals surface area contributed by atoms with E-state index in [1.165, 1.54) is 10.9 Å². The van der Waals surface area contributed by atoms with Crippen LogP contribution in [0.2, 0.25) is 4.44 Å². The monoisotopic (exact) mass is 249 g/mol. The van der Waals surface area contributed by atoms with Crippen LogP contribution in [0.1, 0.15) is 13.3 Å². The first-order valence-electron chi connectivity index (χ1n) is 1.87. The van der Waals surface area contributed by atoms with Gasteiger partial charge in [-0.15, -0.1) is 0 Å². The molecule has 4 heteroatoms. The van der Waals surface area contributed by atoms with Gasteiger partial charge in [-0.1, -0.05) is 0 Å². The molecule has 0 aromatic heterocycles. The summed E-state index contributed by atoms with van der Waals surface area (Å²) in [6.45, 7) is 2.20. The van der Waals surface area contributed by atoms with E-state index >= 15 is 0 Å². The quantitative estimate of drug-likeness (QED) is 0.647. The third kappa shape index (κ3) is 38.2. The second-order valence-corrected chi connectivity index (χ2v) is 2.70. The maximum absolute atomic E-state index is 4.26. The normalized spacial score (nSPS) is 6.86. The molecule has 0 saturated heterocycles. The van der Waals surface area contributed by atoms with Gasteiger partial charge in [0.15, 0.2) is 0 Å². The minimum atomic E-state index is 1.36. The van der Waals surface area contributed by atoms with Gasteiger partial charge in [-0.3, -0.25) is 0 Å². The van der Waals surface area contributed by atoms with E-state index in [4.69, 9.17) is 0 Å². The summed E-state index contributed by atoms with van der Waals surface area (Å²) in [5.41, 5.74) is 0. The van der Waals surface area contributed by atoms with Crippen LogP contribution >= 0.6 is 23.7 Å². The summed E-state index contributed by atoms with van der Waals surface area (Å²) in [4.78, 5) is 0. The smallest absolute Gasteiger partial charge is 0.0832 e. The number of hydrogen-bond acceptors (Lipinski definition) is 1. The molecule has 0 unspecified atom stereocenters. The van der Waals surface area contributed by atoms with Crippen LogP contribution in [0.25, 0.3) is 0 Å². The Morgan fingerprint density at radius 3 is 1.71 bits per heavy atom. The zero-order valence-corrected chi connectivity index (χ0v) is 8.44. The van der Waals surface area contributed by atoms with Crippen LogP contribution in [0.3, 0.4) is 0 Å². The largest absolute Gasteiger partial charge is 0.166 e. The zero-order valence-electron chi connectivity index (χ0n) is 4.08. The molecule has 0 atom stereocenters. The molecule has 0 rings (SSSR count). The molecule has 7 heavy (non-hydrogen) atoms.